The molecule has 0 saturated heterocycles. The fourth-order valence-corrected chi connectivity index (χ4v) is 5.30. The third kappa shape index (κ3) is 39.7. The van der Waals surface area contributed by atoms with E-state index in [9.17, 15) is 43.2 Å². The molecule has 1 rings (SSSR count). The van der Waals surface area contributed by atoms with Gasteiger partial charge in [-0.1, -0.05) is 39.5 Å². The molecule has 0 fully saturated rings. The molecule has 0 spiro atoms. The summed E-state index contributed by atoms with van der Waals surface area (Å²) in [6.45, 7) is 22.5. The van der Waals surface area contributed by atoms with Crippen LogP contribution in [0.1, 0.15) is 38.5 Å². The zero-order valence-corrected chi connectivity index (χ0v) is 44.4. The maximum absolute atomic E-state index is 12.4. The molecule has 0 amide bonds. The SMILES string of the molecule is C=CC(=O)OCCCOCC(COCCCO)OCCCOC(=O)C=C.C=CC(=O)OCCCOCC(COCCCOC(=O)C=C)OCCCO.C=CC(=O)OCCn1c(=O)n(CCO)c(=O)n(CCOC(=O)C=C)c1=O. The molecule has 0 aromatic carbocycles. The molecule has 0 aliphatic rings. The fourth-order valence-electron chi connectivity index (χ4n) is 5.30. The second kappa shape index (κ2) is 51.1. The van der Waals surface area contributed by atoms with Crippen LogP contribution in [-0.2, 0) is 105 Å². The number of rotatable bonds is 46. The second-order valence-electron chi connectivity index (χ2n) is 15.1. The van der Waals surface area contributed by atoms with Crippen molar-refractivity contribution >= 4 is 35.8 Å². The van der Waals surface area contributed by atoms with Crippen molar-refractivity contribution in [2.75, 3.05) is 126 Å². The van der Waals surface area contributed by atoms with Crippen molar-refractivity contribution in [1.82, 2.24) is 13.7 Å². The zero-order valence-electron chi connectivity index (χ0n) is 44.4. The summed E-state index contributed by atoms with van der Waals surface area (Å²) in [5.74, 6) is -3.31. The Morgan fingerprint density at radius 2 is 0.590 bits per heavy atom. The van der Waals surface area contributed by atoms with E-state index in [2.05, 4.69) is 39.5 Å². The number of carbonyl (C=O) groups excluding carboxylic acids is 6. The number of ether oxygens (including phenoxy) is 12. The Bertz CT molecular complexity index is 2000. The molecule has 3 N–H and O–H groups in total. The van der Waals surface area contributed by atoms with Crippen LogP contribution in [0.2, 0.25) is 0 Å². The zero-order chi connectivity index (χ0) is 58.6. The molecule has 0 aliphatic heterocycles. The number of nitrogens with zero attached hydrogens (tertiary/aromatic N) is 3. The number of aliphatic hydroxyl groups is 3. The minimum Gasteiger partial charge on any atom is -0.462 e. The van der Waals surface area contributed by atoms with Gasteiger partial charge in [0.05, 0.1) is 85.7 Å². The number of aliphatic hydroxyl groups excluding tert-OH is 3. The van der Waals surface area contributed by atoms with Crippen molar-refractivity contribution in [3.05, 3.63) is 107 Å². The smallest absolute Gasteiger partial charge is 0.336 e. The Hall–Kier alpha value is -6.69. The van der Waals surface area contributed by atoms with Gasteiger partial charge in [-0.15, -0.1) is 0 Å². The first-order valence-corrected chi connectivity index (χ1v) is 24.7. The van der Waals surface area contributed by atoms with E-state index < -0.39 is 59.5 Å². The third-order valence-corrected chi connectivity index (χ3v) is 9.06. The summed E-state index contributed by atoms with van der Waals surface area (Å²) in [6.07, 6.45) is 9.07. The Balaban J connectivity index is 0. The van der Waals surface area contributed by atoms with Crippen molar-refractivity contribution in [3.8, 4) is 0 Å². The van der Waals surface area contributed by atoms with Gasteiger partial charge in [0, 0.05) is 108 Å². The molecule has 1 aromatic heterocycles. The first-order chi connectivity index (χ1) is 37.6. The van der Waals surface area contributed by atoms with E-state index in [4.69, 9.17) is 72.2 Å². The standard InChI is InChI=1S/2C18H30O8.C15H19N3O8/c1-3-17(20)25-12-6-9-22-14-16(24-11-5-8-19)15-23-10-7-13-26-18(21)4-2;1-3-17(20)25-12-6-10-23-15-16(14-22-9-5-8-19)24-11-7-13-26-18(21)4-2;1-3-11(20)25-9-6-17-13(22)16(5-8-19)14(23)18(15(17)24)7-10-26-12(21)4-2/h2*3-4,16,19H,1-2,5-15H2;3-4,19H,1-2,5-10H2. The lowest BCUT2D eigenvalue weighted by Gasteiger charge is -2.18. The third-order valence-electron chi connectivity index (χ3n) is 9.06. The highest BCUT2D eigenvalue weighted by Crippen LogP contribution is 2.02. The minimum absolute atomic E-state index is 0.0533. The highest BCUT2D eigenvalue weighted by molar-refractivity contribution is 5.82. The maximum Gasteiger partial charge on any atom is 0.336 e. The van der Waals surface area contributed by atoms with E-state index in [-0.39, 0.29) is 84.7 Å². The second-order valence-corrected chi connectivity index (χ2v) is 15.1. The quantitative estimate of drug-likeness (QED) is 0.0326. The van der Waals surface area contributed by atoms with Crippen molar-refractivity contribution < 1.29 is 101 Å². The van der Waals surface area contributed by atoms with Crippen LogP contribution in [0.5, 0.6) is 0 Å². The summed E-state index contributed by atoms with van der Waals surface area (Å²) < 4.78 is 64.1. The van der Waals surface area contributed by atoms with Gasteiger partial charge in [-0.3, -0.25) is 0 Å². The van der Waals surface area contributed by atoms with Gasteiger partial charge in [-0.25, -0.2) is 56.9 Å². The molecule has 0 radical (unpaired) electrons. The summed E-state index contributed by atoms with van der Waals surface area (Å²) in [7, 11) is 0. The highest BCUT2D eigenvalue weighted by Gasteiger charge is 2.17. The number of esters is 6. The highest BCUT2D eigenvalue weighted by atomic mass is 16.6. The molecule has 442 valence electrons. The summed E-state index contributed by atoms with van der Waals surface area (Å²) in [5.41, 5.74) is -2.87. The van der Waals surface area contributed by atoms with E-state index in [1.807, 2.05) is 0 Å². The Morgan fingerprint density at radius 3 is 0.872 bits per heavy atom. The first kappa shape index (κ1) is 73.4. The fraction of sp³-hybridized carbons (Fsp3) is 0.588. The molecule has 1 heterocycles. The van der Waals surface area contributed by atoms with E-state index in [1.54, 1.807) is 0 Å². The summed E-state index contributed by atoms with van der Waals surface area (Å²) >= 11 is 0. The average molecular weight is 1120 g/mol. The van der Waals surface area contributed by atoms with Crippen LogP contribution >= 0.6 is 0 Å². The van der Waals surface area contributed by atoms with Crippen molar-refractivity contribution in [2.24, 2.45) is 0 Å². The number of hydrogen-bond donors (Lipinski definition) is 3. The molecular weight excluding hydrogens is 1040 g/mol. The predicted molar refractivity (Wildman–Crippen MR) is 278 cm³/mol. The largest absolute Gasteiger partial charge is 0.462 e. The number of aromatic nitrogens is 3. The number of carbonyl (C=O) groups is 6. The molecule has 78 heavy (non-hydrogen) atoms. The number of hydrogen-bond acceptors (Lipinski definition) is 24. The maximum atomic E-state index is 12.4. The van der Waals surface area contributed by atoms with Gasteiger partial charge >= 0.3 is 52.9 Å². The first-order valence-electron chi connectivity index (χ1n) is 24.7. The molecule has 27 heteroatoms. The van der Waals surface area contributed by atoms with Crippen LogP contribution in [0.25, 0.3) is 0 Å². The summed E-state index contributed by atoms with van der Waals surface area (Å²) in [4.78, 5) is 103. The van der Waals surface area contributed by atoms with Gasteiger partial charge < -0.3 is 72.2 Å². The van der Waals surface area contributed by atoms with Crippen molar-refractivity contribution in [3.63, 3.8) is 0 Å². The normalized spacial score (nSPS) is 10.8. The summed E-state index contributed by atoms with van der Waals surface area (Å²) in [6, 6.07) is 0. The Morgan fingerprint density at radius 1 is 0.346 bits per heavy atom. The average Bonchev–Trinajstić information content (AvgIpc) is 3.46. The van der Waals surface area contributed by atoms with Crippen LogP contribution in [0, 0.1) is 0 Å². The van der Waals surface area contributed by atoms with Crippen molar-refractivity contribution in [2.45, 2.75) is 70.4 Å². The summed E-state index contributed by atoms with van der Waals surface area (Å²) in [5, 5.41) is 26.6. The molecule has 1 unspecified atom stereocenters. The van der Waals surface area contributed by atoms with Crippen LogP contribution in [0.4, 0.5) is 0 Å². The van der Waals surface area contributed by atoms with Crippen molar-refractivity contribution in [1.29, 1.82) is 0 Å². The van der Waals surface area contributed by atoms with Gasteiger partial charge in [0.25, 0.3) is 0 Å². The molecule has 0 bridgehead atoms. The predicted octanol–water partition coefficient (Wildman–Crippen LogP) is -0.326. The van der Waals surface area contributed by atoms with Crippen LogP contribution < -0.4 is 17.1 Å². The van der Waals surface area contributed by atoms with Gasteiger partial charge in [0.1, 0.15) is 25.4 Å². The van der Waals surface area contributed by atoms with Gasteiger partial charge in [0.2, 0.25) is 0 Å². The lowest BCUT2D eigenvalue weighted by molar-refractivity contribution is -0.139. The minimum atomic E-state index is -0.960. The monoisotopic (exact) mass is 1120 g/mol. The lowest BCUT2D eigenvalue weighted by Crippen LogP contribution is -2.55. The van der Waals surface area contributed by atoms with E-state index in [0.717, 1.165) is 36.5 Å². The van der Waals surface area contributed by atoms with Crippen LogP contribution in [-0.4, -0.2) is 203 Å². The molecule has 1 atom stereocenters. The Labute approximate surface area is 452 Å². The van der Waals surface area contributed by atoms with E-state index in [0.29, 0.717) is 118 Å². The molecule has 27 nitrogen and oxygen atoms in total. The Kier molecular flexibility index (Phi) is 48.1. The molecular formula is C51H79N3O24. The molecule has 1 aromatic rings. The van der Waals surface area contributed by atoms with Crippen LogP contribution in [0.3, 0.4) is 0 Å². The molecule has 0 aliphatic carbocycles. The van der Waals surface area contributed by atoms with Gasteiger partial charge in [-0.05, 0) is 12.8 Å². The molecule has 0 saturated carbocycles. The van der Waals surface area contributed by atoms with E-state index >= 15 is 0 Å². The lowest BCUT2D eigenvalue weighted by atomic mass is 10.4. The van der Waals surface area contributed by atoms with Gasteiger partial charge in [0.15, 0.2) is 0 Å². The topological polar surface area (TPSA) is 340 Å². The van der Waals surface area contributed by atoms with Gasteiger partial charge in [-0.2, -0.15) is 0 Å². The van der Waals surface area contributed by atoms with E-state index in [1.165, 1.54) is 0 Å². The van der Waals surface area contributed by atoms with Crippen LogP contribution in [0.15, 0.2) is 90.3 Å².